The Balaban J connectivity index is 2.42. The highest BCUT2D eigenvalue weighted by Gasteiger charge is 2.31. The van der Waals surface area contributed by atoms with Gasteiger partial charge in [-0.05, 0) is 19.1 Å². The first-order valence-corrected chi connectivity index (χ1v) is 5.77. The maximum Gasteiger partial charge on any atom is 0.335 e. The Kier molecular flexibility index (Phi) is 3.39. The summed E-state index contributed by atoms with van der Waals surface area (Å²) in [5.74, 6) is -1.91. The standard InChI is InChI=1S/C11H10ClN3O4/c1-5-10(17)14-9(16)4-15(5)8-3-6(11(18)19)2-7(12)13-8/h2-3,5H,4H2,1H3,(H,18,19)(H,14,16,17). The van der Waals surface area contributed by atoms with Crippen molar-refractivity contribution < 1.29 is 19.5 Å². The molecule has 1 atom stereocenters. The van der Waals surface area contributed by atoms with E-state index in [1.807, 2.05) is 0 Å². The van der Waals surface area contributed by atoms with Crippen molar-refractivity contribution in [2.45, 2.75) is 13.0 Å². The summed E-state index contributed by atoms with van der Waals surface area (Å²) in [5, 5.41) is 11.1. The first-order valence-electron chi connectivity index (χ1n) is 5.39. The van der Waals surface area contributed by atoms with Gasteiger partial charge < -0.3 is 10.0 Å². The SMILES string of the molecule is CC1C(=O)NC(=O)CN1c1cc(C(=O)O)cc(Cl)n1. The molecule has 0 aliphatic carbocycles. The van der Waals surface area contributed by atoms with Crippen LogP contribution in [0.5, 0.6) is 0 Å². The van der Waals surface area contributed by atoms with E-state index in [0.29, 0.717) is 0 Å². The van der Waals surface area contributed by atoms with E-state index < -0.39 is 23.8 Å². The number of nitrogens with one attached hydrogen (secondary N) is 1. The lowest BCUT2D eigenvalue weighted by Crippen LogP contribution is -2.57. The van der Waals surface area contributed by atoms with Crippen LogP contribution in [0.4, 0.5) is 5.82 Å². The van der Waals surface area contributed by atoms with Crippen molar-refractivity contribution in [3.8, 4) is 0 Å². The monoisotopic (exact) mass is 283 g/mol. The minimum Gasteiger partial charge on any atom is -0.478 e. The highest BCUT2D eigenvalue weighted by atomic mass is 35.5. The Labute approximate surface area is 113 Å². The number of piperazine rings is 1. The molecule has 0 aromatic carbocycles. The maximum atomic E-state index is 11.5. The molecule has 2 N–H and O–H groups in total. The molecule has 1 aromatic rings. The van der Waals surface area contributed by atoms with Crippen molar-refractivity contribution in [3.63, 3.8) is 0 Å². The van der Waals surface area contributed by atoms with Crippen LogP contribution in [-0.4, -0.2) is 40.5 Å². The Morgan fingerprint density at radius 1 is 1.53 bits per heavy atom. The lowest BCUT2D eigenvalue weighted by atomic mass is 10.2. The number of carboxylic acids is 1. The van der Waals surface area contributed by atoms with Crippen molar-refractivity contribution in [3.05, 3.63) is 22.8 Å². The molecule has 1 aliphatic rings. The van der Waals surface area contributed by atoms with E-state index in [9.17, 15) is 14.4 Å². The van der Waals surface area contributed by atoms with E-state index in [4.69, 9.17) is 16.7 Å². The molecule has 0 spiro atoms. The Morgan fingerprint density at radius 2 is 2.21 bits per heavy atom. The number of pyridine rings is 1. The number of rotatable bonds is 2. The van der Waals surface area contributed by atoms with Gasteiger partial charge in [0.15, 0.2) is 0 Å². The van der Waals surface area contributed by atoms with Gasteiger partial charge in [0.1, 0.15) is 17.0 Å². The average Bonchev–Trinajstić information content (AvgIpc) is 2.32. The Hall–Kier alpha value is -2.15. The first kappa shape index (κ1) is 13.3. The van der Waals surface area contributed by atoms with E-state index in [1.165, 1.54) is 17.0 Å². The molecule has 7 nitrogen and oxygen atoms in total. The number of aromatic carboxylic acids is 1. The number of anilines is 1. The third-order valence-electron chi connectivity index (χ3n) is 2.75. The lowest BCUT2D eigenvalue weighted by Gasteiger charge is -2.32. The summed E-state index contributed by atoms with van der Waals surface area (Å²) >= 11 is 5.75. The zero-order valence-electron chi connectivity index (χ0n) is 9.88. The number of carboxylic acid groups (broad SMARTS) is 1. The number of amides is 2. The summed E-state index contributed by atoms with van der Waals surface area (Å²) < 4.78 is 0. The van der Waals surface area contributed by atoms with E-state index >= 15 is 0 Å². The summed E-state index contributed by atoms with van der Waals surface area (Å²) in [7, 11) is 0. The molecule has 100 valence electrons. The zero-order chi connectivity index (χ0) is 14.2. The summed E-state index contributed by atoms with van der Waals surface area (Å²) in [5.41, 5.74) is -0.0550. The van der Waals surface area contributed by atoms with Gasteiger partial charge in [-0.3, -0.25) is 14.9 Å². The average molecular weight is 284 g/mol. The van der Waals surface area contributed by atoms with Gasteiger partial charge in [0.05, 0.1) is 12.1 Å². The second-order valence-electron chi connectivity index (χ2n) is 4.06. The van der Waals surface area contributed by atoms with Gasteiger partial charge in [-0.25, -0.2) is 9.78 Å². The number of carbonyl (C=O) groups is 3. The van der Waals surface area contributed by atoms with Gasteiger partial charge in [-0.2, -0.15) is 0 Å². The van der Waals surface area contributed by atoms with Crippen LogP contribution in [0.25, 0.3) is 0 Å². The van der Waals surface area contributed by atoms with Crippen LogP contribution in [0.3, 0.4) is 0 Å². The van der Waals surface area contributed by atoms with Crippen molar-refractivity contribution in [1.29, 1.82) is 0 Å². The van der Waals surface area contributed by atoms with Crippen LogP contribution in [0.15, 0.2) is 12.1 Å². The highest BCUT2D eigenvalue weighted by Crippen LogP contribution is 2.21. The molecule has 2 heterocycles. The maximum absolute atomic E-state index is 11.5. The molecule has 19 heavy (non-hydrogen) atoms. The zero-order valence-corrected chi connectivity index (χ0v) is 10.6. The molecule has 1 aromatic heterocycles. The molecule has 0 saturated carbocycles. The fraction of sp³-hybridized carbons (Fsp3) is 0.273. The van der Waals surface area contributed by atoms with Crippen LogP contribution in [0.2, 0.25) is 5.15 Å². The van der Waals surface area contributed by atoms with E-state index in [0.717, 1.165) is 0 Å². The minimum absolute atomic E-state index is 0.0134. The second kappa shape index (κ2) is 4.85. The van der Waals surface area contributed by atoms with Crippen molar-refractivity contribution >= 4 is 35.2 Å². The number of halogens is 1. The van der Waals surface area contributed by atoms with E-state index in [1.54, 1.807) is 6.92 Å². The quantitative estimate of drug-likeness (QED) is 0.597. The molecular weight excluding hydrogens is 274 g/mol. The minimum atomic E-state index is -1.16. The first-order chi connectivity index (χ1) is 8.88. The predicted octanol–water partition coefficient (Wildman–Crippen LogP) is 0.284. The fourth-order valence-electron chi connectivity index (χ4n) is 1.75. The predicted molar refractivity (Wildman–Crippen MR) is 66.2 cm³/mol. The van der Waals surface area contributed by atoms with Crippen LogP contribution in [0, 0.1) is 0 Å². The van der Waals surface area contributed by atoms with Crippen molar-refractivity contribution in [1.82, 2.24) is 10.3 Å². The lowest BCUT2D eigenvalue weighted by molar-refractivity contribution is -0.132. The van der Waals surface area contributed by atoms with Crippen molar-refractivity contribution in [2.24, 2.45) is 0 Å². The fourth-order valence-corrected chi connectivity index (χ4v) is 1.95. The van der Waals surface area contributed by atoms with Crippen LogP contribution in [-0.2, 0) is 9.59 Å². The van der Waals surface area contributed by atoms with Gasteiger partial charge in [0, 0.05) is 0 Å². The summed E-state index contributed by atoms with van der Waals surface area (Å²) in [6, 6.07) is 1.84. The molecule has 1 unspecified atom stereocenters. The Morgan fingerprint density at radius 3 is 2.84 bits per heavy atom. The number of hydrogen-bond donors (Lipinski definition) is 2. The second-order valence-corrected chi connectivity index (χ2v) is 4.45. The molecular formula is C11H10ClN3O4. The molecule has 8 heteroatoms. The summed E-state index contributed by atoms with van der Waals surface area (Å²) in [4.78, 5) is 39.2. The largest absolute Gasteiger partial charge is 0.478 e. The molecule has 0 radical (unpaired) electrons. The van der Waals surface area contributed by atoms with Gasteiger partial charge in [0.25, 0.3) is 0 Å². The van der Waals surface area contributed by atoms with Gasteiger partial charge >= 0.3 is 5.97 Å². The molecule has 0 bridgehead atoms. The third kappa shape index (κ3) is 2.65. The smallest absolute Gasteiger partial charge is 0.335 e. The summed E-state index contributed by atoms with van der Waals surface area (Å²) in [6.07, 6.45) is 0. The van der Waals surface area contributed by atoms with E-state index in [2.05, 4.69) is 10.3 Å². The number of carbonyl (C=O) groups excluding carboxylic acids is 2. The van der Waals surface area contributed by atoms with E-state index in [-0.39, 0.29) is 23.1 Å². The number of nitrogens with zero attached hydrogens (tertiary/aromatic N) is 2. The molecule has 2 amide bonds. The van der Waals surface area contributed by atoms with Crippen LogP contribution >= 0.6 is 11.6 Å². The molecule has 1 saturated heterocycles. The summed E-state index contributed by atoms with van der Waals surface area (Å²) in [6.45, 7) is 1.50. The topological polar surface area (TPSA) is 99.6 Å². The number of imide groups is 1. The highest BCUT2D eigenvalue weighted by molar-refractivity contribution is 6.29. The van der Waals surface area contributed by atoms with Gasteiger partial charge in [-0.1, -0.05) is 11.6 Å². The van der Waals surface area contributed by atoms with Crippen LogP contribution < -0.4 is 10.2 Å². The van der Waals surface area contributed by atoms with Crippen LogP contribution in [0.1, 0.15) is 17.3 Å². The normalized spacial score (nSPS) is 19.3. The van der Waals surface area contributed by atoms with Gasteiger partial charge in [-0.15, -0.1) is 0 Å². The molecule has 1 fully saturated rings. The third-order valence-corrected chi connectivity index (χ3v) is 2.94. The Bertz CT molecular complexity index is 575. The molecule has 1 aliphatic heterocycles. The number of aromatic nitrogens is 1. The molecule has 2 rings (SSSR count). The van der Waals surface area contributed by atoms with Crippen molar-refractivity contribution in [2.75, 3.05) is 11.4 Å². The number of hydrogen-bond acceptors (Lipinski definition) is 5. The van der Waals surface area contributed by atoms with Gasteiger partial charge in [0.2, 0.25) is 11.8 Å².